The molecule has 4 heteroatoms. The van der Waals surface area contributed by atoms with Gasteiger partial charge in [0.15, 0.2) is 0 Å². The molecule has 1 saturated carbocycles. The maximum absolute atomic E-state index is 5.97. The van der Waals surface area contributed by atoms with E-state index >= 15 is 0 Å². The minimum atomic E-state index is 0.550. The van der Waals surface area contributed by atoms with Crippen molar-refractivity contribution >= 4 is 11.6 Å². The van der Waals surface area contributed by atoms with E-state index in [2.05, 4.69) is 21.7 Å². The second-order valence-corrected chi connectivity index (χ2v) is 4.36. The zero-order valence-corrected chi connectivity index (χ0v) is 9.30. The summed E-state index contributed by atoms with van der Waals surface area (Å²) in [6.07, 6.45) is 6.09. The van der Waals surface area contributed by atoms with Crippen LogP contribution in [0.25, 0.3) is 0 Å². The van der Waals surface area contributed by atoms with E-state index < -0.39 is 0 Å². The molecule has 0 aliphatic heterocycles. The maximum Gasteiger partial charge on any atom is 0.225 e. The van der Waals surface area contributed by atoms with Crippen molar-refractivity contribution in [2.75, 3.05) is 0 Å². The van der Waals surface area contributed by atoms with Crippen LogP contribution in [-0.4, -0.2) is 14.8 Å². The Morgan fingerprint density at radius 2 is 2.21 bits per heavy atom. The molecule has 2 rings (SSSR count). The zero-order valence-electron chi connectivity index (χ0n) is 8.54. The van der Waals surface area contributed by atoms with Gasteiger partial charge in [-0.15, -0.1) is 10.2 Å². The lowest BCUT2D eigenvalue weighted by molar-refractivity contribution is 0.571. The molecule has 1 heterocycles. The molecule has 1 aromatic rings. The quantitative estimate of drug-likeness (QED) is 0.753. The van der Waals surface area contributed by atoms with Crippen LogP contribution in [0, 0.1) is 5.92 Å². The monoisotopic (exact) mass is 213 g/mol. The van der Waals surface area contributed by atoms with Gasteiger partial charge in [0, 0.05) is 13.0 Å². The number of aryl methyl sites for hydroxylation is 1. The Labute approximate surface area is 89.5 Å². The number of aromatic nitrogens is 3. The summed E-state index contributed by atoms with van der Waals surface area (Å²) >= 11 is 5.97. The lowest BCUT2D eigenvalue weighted by Crippen LogP contribution is -2.04. The smallest absolute Gasteiger partial charge is 0.225 e. The molecule has 3 nitrogen and oxygen atoms in total. The Morgan fingerprint density at radius 1 is 1.43 bits per heavy atom. The van der Waals surface area contributed by atoms with Crippen molar-refractivity contribution < 1.29 is 0 Å². The number of hydrogen-bond donors (Lipinski definition) is 0. The SMILES string of the molecule is CCCc1nnc(Cl)n1CCC1CC1. The van der Waals surface area contributed by atoms with Crippen LogP contribution in [0.15, 0.2) is 0 Å². The van der Waals surface area contributed by atoms with Gasteiger partial charge in [0.2, 0.25) is 5.28 Å². The van der Waals surface area contributed by atoms with E-state index in [1.165, 1.54) is 19.3 Å². The molecule has 0 N–H and O–H groups in total. The van der Waals surface area contributed by atoms with Gasteiger partial charge in [-0.3, -0.25) is 0 Å². The van der Waals surface area contributed by atoms with Crippen molar-refractivity contribution in [2.45, 2.75) is 45.6 Å². The van der Waals surface area contributed by atoms with E-state index in [9.17, 15) is 0 Å². The third-order valence-electron chi connectivity index (χ3n) is 2.71. The van der Waals surface area contributed by atoms with Crippen LogP contribution < -0.4 is 0 Å². The predicted molar refractivity (Wildman–Crippen MR) is 56.4 cm³/mol. The fourth-order valence-electron chi connectivity index (χ4n) is 1.66. The second-order valence-electron chi connectivity index (χ2n) is 4.02. The summed E-state index contributed by atoms with van der Waals surface area (Å²) in [6.45, 7) is 3.14. The summed E-state index contributed by atoms with van der Waals surface area (Å²) in [7, 11) is 0. The van der Waals surface area contributed by atoms with Gasteiger partial charge in [0.25, 0.3) is 0 Å². The third-order valence-corrected chi connectivity index (χ3v) is 2.99. The summed E-state index contributed by atoms with van der Waals surface area (Å²) in [4.78, 5) is 0. The molecule has 0 unspecified atom stereocenters. The van der Waals surface area contributed by atoms with Crippen LogP contribution in [0.3, 0.4) is 0 Å². The topological polar surface area (TPSA) is 30.7 Å². The zero-order chi connectivity index (χ0) is 9.97. The fraction of sp³-hybridized carbons (Fsp3) is 0.800. The molecule has 1 aromatic heterocycles. The summed E-state index contributed by atoms with van der Waals surface area (Å²) in [5.41, 5.74) is 0. The summed E-state index contributed by atoms with van der Waals surface area (Å²) in [5, 5.41) is 8.55. The van der Waals surface area contributed by atoms with Gasteiger partial charge in [-0.05, 0) is 30.4 Å². The van der Waals surface area contributed by atoms with Crippen molar-refractivity contribution in [3.8, 4) is 0 Å². The Bertz CT molecular complexity index is 304. The van der Waals surface area contributed by atoms with Crippen molar-refractivity contribution in [3.05, 3.63) is 11.1 Å². The Morgan fingerprint density at radius 3 is 2.86 bits per heavy atom. The van der Waals surface area contributed by atoms with Gasteiger partial charge in [-0.1, -0.05) is 19.8 Å². The number of rotatable bonds is 5. The predicted octanol–water partition coefficient (Wildman–Crippen LogP) is 2.68. The van der Waals surface area contributed by atoms with Crippen LogP contribution >= 0.6 is 11.6 Å². The highest BCUT2D eigenvalue weighted by Gasteiger charge is 2.21. The highest BCUT2D eigenvalue weighted by Crippen LogP contribution is 2.33. The highest BCUT2D eigenvalue weighted by molar-refractivity contribution is 6.28. The number of nitrogens with zero attached hydrogens (tertiary/aromatic N) is 3. The molecular weight excluding hydrogens is 198 g/mol. The van der Waals surface area contributed by atoms with E-state index in [0.717, 1.165) is 31.1 Å². The first-order valence-corrected chi connectivity index (χ1v) is 5.76. The van der Waals surface area contributed by atoms with E-state index in [1.807, 2.05) is 0 Å². The highest BCUT2D eigenvalue weighted by atomic mass is 35.5. The minimum absolute atomic E-state index is 0.550. The molecule has 1 aliphatic rings. The van der Waals surface area contributed by atoms with Crippen LogP contribution in [-0.2, 0) is 13.0 Å². The maximum atomic E-state index is 5.97. The molecule has 0 radical (unpaired) electrons. The number of hydrogen-bond acceptors (Lipinski definition) is 2. The van der Waals surface area contributed by atoms with E-state index in [-0.39, 0.29) is 0 Å². The third kappa shape index (κ3) is 2.27. The Balaban J connectivity index is 2.00. The standard InChI is InChI=1S/C10H16ClN3/c1-2-3-9-12-13-10(11)14(9)7-6-8-4-5-8/h8H,2-7H2,1H3. The van der Waals surface area contributed by atoms with Gasteiger partial charge in [-0.25, -0.2) is 0 Å². The summed E-state index contributed by atoms with van der Waals surface area (Å²) in [6, 6.07) is 0. The molecule has 0 amide bonds. The molecule has 1 fully saturated rings. The van der Waals surface area contributed by atoms with Crippen molar-refractivity contribution in [1.82, 2.24) is 14.8 Å². The van der Waals surface area contributed by atoms with Gasteiger partial charge in [0.1, 0.15) is 5.82 Å². The first-order valence-electron chi connectivity index (χ1n) is 5.39. The van der Waals surface area contributed by atoms with E-state index in [4.69, 9.17) is 11.6 Å². The Kier molecular flexibility index (Phi) is 3.06. The van der Waals surface area contributed by atoms with Crippen molar-refractivity contribution in [1.29, 1.82) is 0 Å². The van der Waals surface area contributed by atoms with Gasteiger partial charge in [0.05, 0.1) is 0 Å². The first-order chi connectivity index (χ1) is 6.81. The molecule has 14 heavy (non-hydrogen) atoms. The average Bonchev–Trinajstić information content (AvgIpc) is 2.93. The van der Waals surface area contributed by atoms with Gasteiger partial charge >= 0.3 is 0 Å². The molecule has 0 saturated heterocycles. The Hall–Kier alpha value is -0.570. The molecule has 0 bridgehead atoms. The molecule has 0 atom stereocenters. The van der Waals surface area contributed by atoms with Crippen LogP contribution in [0.1, 0.15) is 38.4 Å². The number of halogens is 1. The normalized spacial score (nSPS) is 16.1. The second kappa shape index (κ2) is 4.30. The fourth-order valence-corrected chi connectivity index (χ4v) is 1.88. The van der Waals surface area contributed by atoms with Crippen LogP contribution in [0.4, 0.5) is 0 Å². The van der Waals surface area contributed by atoms with Crippen LogP contribution in [0.2, 0.25) is 5.28 Å². The average molecular weight is 214 g/mol. The summed E-state index contributed by atoms with van der Waals surface area (Å²) in [5.74, 6) is 1.97. The van der Waals surface area contributed by atoms with Crippen molar-refractivity contribution in [3.63, 3.8) is 0 Å². The molecule has 0 aromatic carbocycles. The van der Waals surface area contributed by atoms with E-state index in [0.29, 0.717) is 5.28 Å². The lowest BCUT2D eigenvalue weighted by atomic mass is 10.3. The van der Waals surface area contributed by atoms with Crippen LogP contribution in [0.5, 0.6) is 0 Å². The van der Waals surface area contributed by atoms with Gasteiger partial charge < -0.3 is 4.57 Å². The largest absolute Gasteiger partial charge is 0.302 e. The lowest BCUT2D eigenvalue weighted by Gasteiger charge is -2.05. The van der Waals surface area contributed by atoms with E-state index in [1.54, 1.807) is 0 Å². The molecule has 78 valence electrons. The van der Waals surface area contributed by atoms with Crippen molar-refractivity contribution in [2.24, 2.45) is 5.92 Å². The summed E-state index contributed by atoms with van der Waals surface area (Å²) < 4.78 is 2.06. The minimum Gasteiger partial charge on any atom is -0.302 e. The van der Waals surface area contributed by atoms with Gasteiger partial charge in [-0.2, -0.15) is 0 Å². The molecule has 0 spiro atoms. The molecule has 1 aliphatic carbocycles. The first kappa shape index (κ1) is 9.97. The molecular formula is C10H16ClN3.